The largest absolute Gasteiger partial charge is 0.507 e. The number of likely N-dealkylation sites (tertiary alicyclic amines) is 1. The van der Waals surface area contributed by atoms with Gasteiger partial charge >= 0.3 is 0 Å². The first-order valence-corrected chi connectivity index (χ1v) is 8.45. The molecule has 1 heterocycles. The van der Waals surface area contributed by atoms with E-state index in [1.165, 1.54) is 19.3 Å². The lowest BCUT2D eigenvalue weighted by atomic mass is 10.0. The summed E-state index contributed by atoms with van der Waals surface area (Å²) in [6.07, 6.45) is 3.63. The Balaban J connectivity index is 1.94. The monoisotopic (exact) mass is 321 g/mol. The molecule has 3 nitrogen and oxygen atoms in total. The molecule has 0 bridgehead atoms. The van der Waals surface area contributed by atoms with Crippen molar-refractivity contribution in [1.82, 2.24) is 4.90 Å². The highest BCUT2D eigenvalue weighted by Crippen LogP contribution is 2.33. The fraction of sp³-hybridized carbons (Fsp3) is 0.333. The first-order chi connectivity index (χ1) is 11.8. The molecule has 1 saturated heterocycles. The van der Waals surface area contributed by atoms with Crippen LogP contribution in [0.25, 0.3) is 0 Å². The second-order valence-electron chi connectivity index (χ2n) is 6.06. The molecule has 124 valence electrons. The third-order valence-electron chi connectivity index (χ3n) is 4.42. The quantitative estimate of drug-likeness (QED) is 0.868. The van der Waals surface area contributed by atoms with E-state index in [9.17, 15) is 5.11 Å². The molecular weight excluding hydrogens is 298 g/mol. The van der Waals surface area contributed by atoms with E-state index >= 15 is 0 Å². The summed E-state index contributed by atoms with van der Waals surface area (Å²) in [6, 6.07) is 15.4. The lowest BCUT2D eigenvalue weighted by Crippen LogP contribution is -2.33. The number of piperidine rings is 1. The van der Waals surface area contributed by atoms with Crippen LogP contribution >= 0.6 is 0 Å². The van der Waals surface area contributed by atoms with Crippen molar-refractivity contribution in [2.75, 3.05) is 20.2 Å². The Labute approximate surface area is 143 Å². The highest BCUT2D eigenvalue weighted by Gasteiger charge is 2.23. The normalized spacial score (nSPS) is 16.0. The van der Waals surface area contributed by atoms with Crippen LogP contribution in [0.3, 0.4) is 0 Å². The molecule has 0 radical (unpaired) electrons. The van der Waals surface area contributed by atoms with E-state index in [4.69, 9.17) is 4.74 Å². The lowest BCUT2D eigenvalue weighted by Gasteiger charge is -2.32. The number of aromatic hydroxyl groups is 1. The third kappa shape index (κ3) is 3.90. The molecule has 1 fully saturated rings. The van der Waals surface area contributed by atoms with Crippen LogP contribution in [0, 0.1) is 11.8 Å². The van der Waals surface area contributed by atoms with Crippen molar-refractivity contribution >= 4 is 0 Å². The maximum atomic E-state index is 10.4. The van der Waals surface area contributed by atoms with Crippen LogP contribution < -0.4 is 4.74 Å². The fourth-order valence-electron chi connectivity index (χ4n) is 3.10. The first kappa shape index (κ1) is 16.4. The van der Waals surface area contributed by atoms with Crippen molar-refractivity contribution in [3.63, 3.8) is 0 Å². The Kier molecular flexibility index (Phi) is 5.40. The van der Waals surface area contributed by atoms with Gasteiger partial charge in [-0.3, -0.25) is 4.90 Å². The van der Waals surface area contributed by atoms with Crippen molar-refractivity contribution < 1.29 is 9.84 Å². The minimum Gasteiger partial charge on any atom is -0.507 e. The number of methoxy groups -OCH3 is 1. The first-order valence-electron chi connectivity index (χ1n) is 8.45. The van der Waals surface area contributed by atoms with Crippen LogP contribution in [0.15, 0.2) is 48.5 Å². The fourth-order valence-corrected chi connectivity index (χ4v) is 3.10. The molecular formula is C21H23NO2. The molecule has 1 aliphatic rings. The zero-order valence-corrected chi connectivity index (χ0v) is 14.0. The van der Waals surface area contributed by atoms with Crippen molar-refractivity contribution in [2.45, 2.75) is 25.3 Å². The van der Waals surface area contributed by atoms with Gasteiger partial charge < -0.3 is 9.84 Å². The maximum Gasteiger partial charge on any atom is 0.125 e. The number of nitrogens with zero attached hydrogens (tertiary/aromatic N) is 1. The Morgan fingerprint density at radius 2 is 1.79 bits per heavy atom. The smallest absolute Gasteiger partial charge is 0.125 e. The van der Waals surface area contributed by atoms with Crippen molar-refractivity contribution in [2.24, 2.45) is 0 Å². The number of ether oxygens (including phenoxy) is 1. The molecule has 24 heavy (non-hydrogen) atoms. The standard InChI is InChI=1S/C21H23NO2/c1-24-18-11-12-19(21(23)16-18)20(22-14-6-3-7-15-22)13-10-17-8-4-2-5-9-17/h2,4-5,8-9,11-12,16,20,23H,3,6-7,14-15H2,1H3. The lowest BCUT2D eigenvalue weighted by molar-refractivity contribution is 0.195. The summed E-state index contributed by atoms with van der Waals surface area (Å²) in [5.41, 5.74) is 1.84. The predicted molar refractivity (Wildman–Crippen MR) is 96.1 cm³/mol. The molecule has 2 aromatic rings. The van der Waals surface area contributed by atoms with E-state index in [2.05, 4.69) is 16.7 Å². The average molecular weight is 321 g/mol. The van der Waals surface area contributed by atoms with E-state index in [0.29, 0.717) is 5.75 Å². The maximum absolute atomic E-state index is 10.4. The van der Waals surface area contributed by atoms with Gasteiger partial charge in [0, 0.05) is 17.2 Å². The third-order valence-corrected chi connectivity index (χ3v) is 4.42. The van der Waals surface area contributed by atoms with Gasteiger partial charge in [0.1, 0.15) is 17.5 Å². The van der Waals surface area contributed by atoms with Gasteiger partial charge in [-0.15, -0.1) is 0 Å². The summed E-state index contributed by atoms with van der Waals surface area (Å²) in [5.74, 6) is 7.54. The SMILES string of the molecule is COc1ccc(C(C#Cc2ccccc2)N2CCCCC2)c(O)c1. The van der Waals surface area contributed by atoms with Crippen LogP contribution in [-0.2, 0) is 0 Å². The Hall–Kier alpha value is -2.44. The Bertz CT molecular complexity index is 724. The highest BCUT2D eigenvalue weighted by atomic mass is 16.5. The molecule has 3 rings (SSSR count). The van der Waals surface area contributed by atoms with Crippen LogP contribution in [0.5, 0.6) is 11.5 Å². The molecule has 0 aromatic heterocycles. The summed E-state index contributed by atoms with van der Waals surface area (Å²) < 4.78 is 5.19. The summed E-state index contributed by atoms with van der Waals surface area (Å²) in [5, 5.41) is 10.4. The summed E-state index contributed by atoms with van der Waals surface area (Å²) in [6.45, 7) is 2.03. The molecule has 1 aliphatic heterocycles. The highest BCUT2D eigenvalue weighted by molar-refractivity contribution is 5.46. The van der Waals surface area contributed by atoms with E-state index in [-0.39, 0.29) is 11.8 Å². The minimum atomic E-state index is -0.101. The van der Waals surface area contributed by atoms with Crippen LogP contribution in [0.4, 0.5) is 0 Å². The molecule has 1 N–H and O–H groups in total. The van der Waals surface area contributed by atoms with Gasteiger partial charge in [-0.1, -0.05) is 36.5 Å². The number of hydrogen-bond acceptors (Lipinski definition) is 3. The van der Waals surface area contributed by atoms with Gasteiger partial charge in [0.05, 0.1) is 7.11 Å². The van der Waals surface area contributed by atoms with Crippen molar-refractivity contribution in [3.8, 4) is 23.3 Å². The van der Waals surface area contributed by atoms with Crippen molar-refractivity contribution in [1.29, 1.82) is 0 Å². The number of rotatable bonds is 3. The molecule has 0 amide bonds. The van der Waals surface area contributed by atoms with Crippen LogP contribution in [0.1, 0.15) is 36.4 Å². The second-order valence-corrected chi connectivity index (χ2v) is 6.06. The van der Waals surface area contributed by atoms with Crippen molar-refractivity contribution in [3.05, 3.63) is 59.7 Å². The van der Waals surface area contributed by atoms with Gasteiger partial charge in [0.2, 0.25) is 0 Å². The molecule has 0 spiro atoms. The van der Waals surface area contributed by atoms with E-state index in [0.717, 1.165) is 24.2 Å². The van der Waals surface area contributed by atoms with Gasteiger partial charge in [-0.2, -0.15) is 0 Å². The summed E-state index contributed by atoms with van der Waals surface area (Å²) in [4.78, 5) is 2.36. The molecule has 0 saturated carbocycles. The summed E-state index contributed by atoms with van der Waals surface area (Å²) in [7, 11) is 1.60. The zero-order chi connectivity index (χ0) is 16.8. The number of hydrogen-bond donors (Lipinski definition) is 1. The molecule has 1 unspecified atom stereocenters. The minimum absolute atomic E-state index is 0.101. The number of phenolic OH excluding ortho intramolecular Hbond substituents is 1. The molecule has 3 heteroatoms. The van der Waals surface area contributed by atoms with Gasteiger partial charge in [0.15, 0.2) is 0 Å². The molecule has 2 aromatic carbocycles. The zero-order valence-electron chi connectivity index (χ0n) is 14.0. The Morgan fingerprint density at radius 1 is 1.04 bits per heavy atom. The van der Waals surface area contributed by atoms with E-state index < -0.39 is 0 Å². The Morgan fingerprint density at radius 3 is 2.46 bits per heavy atom. The van der Waals surface area contributed by atoms with E-state index in [1.807, 2.05) is 42.5 Å². The molecule has 0 aliphatic carbocycles. The number of phenols is 1. The number of benzene rings is 2. The second kappa shape index (κ2) is 7.90. The summed E-state index contributed by atoms with van der Waals surface area (Å²) >= 11 is 0. The van der Waals surface area contributed by atoms with Crippen LogP contribution in [0.2, 0.25) is 0 Å². The molecule has 1 atom stereocenters. The van der Waals surface area contributed by atoms with Gasteiger partial charge in [0.25, 0.3) is 0 Å². The average Bonchev–Trinajstić information content (AvgIpc) is 2.64. The van der Waals surface area contributed by atoms with Crippen LogP contribution in [-0.4, -0.2) is 30.2 Å². The van der Waals surface area contributed by atoms with E-state index in [1.54, 1.807) is 13.2 Å². The van der Waals surface area contributed by atoms with Gasteiger partial charge in [-0.25, -0.2) is 0 Å². The van der Waals surface area contributed by atoms with Gasteiger partial charge in [-0.05, 0) is 50.2 Å². The predicted octanol–water partition coefficient (Wildman–Crippen LogP) is 3.98. The topological polar surface area (TPSA) is 32.7 Å².